The van der Waals surface area contributed by atoms with Crippen molar-refractivity contribution in [3.63, 3.8) is 0 Å². The van der Waals surface area contributed by atoms with Crippen LogP contribution in [0, 0.1) is 28.1 Å². The van der Waals surface area contributed by atoms with Crippen LogP contribution < -0.4 is 5.32 Å². The van der Waals surface area contributed by atoms with E-state index in [9.17, 15) is 10.1 Å². The molecule has 0 heterocycles. The number of amides is 1. The van der Waals surface area contributed by atoms with Gasteiger partial charge in [0.2, 0.25) is 5.91 Å². The first-order chi connectivity index (χ1) is 8.50. The fourth-order valence-electron chi connectivity index (χ4n) is 3.03. The number of nitrogens with zero attached hydrogens (tertiary/aromatic N) is 1. The van der Waals surface area contributed by atoms with E-state index in [0.29, 0.717) is 11.3 Å². The third-order valence-corrected chi connectivity index (χ3v) is 4.83. The molecule has 0 aromatic carbocycles. The average molecular weight is 248 g/mol. The Kier molecular flexibility index (Phi) is 3.66. The second kappa shape index (κ2) is 4.91. The van der Waals surface area contributed by atoms with Gasteiger partial charge in [0.25, 0.3) is 0 Å². The minimum absolute atomic E-state index is 0.0189. The van der Waals surface area contributed by atoms with Crippen LogP contribution in [0.4, 0.5) is 0 Å². The second-order valence-electron chi connectivity index (χ2n) is 6.71. The maximum Gasteiger partial charge on any atom is 0.240 e. The van der Waals surface area contributed by atoms with E-state index >= 15 is 0 Å². The lowest BCUT2D eigenvalue weighted by atomic mass is 9.81. The Labute approximate surface area is 110 Å². The maximum absolute atomic E-state index is 12.3. The van der Waals surface area contributed by atoms with Gasteiger partial charge in [-0.05, 0) is 30.6 Å². The third-order valence-electron chi connectivity index (χ3n) is 4.83. The molecule has 0 bridgehead atoms. The predicted octanol–water partition coefficient (Wildman–Crippen LogP) is 3.01. The SMILES string of the molecule is CC1(C)CC1CNC(=O)C1(C#N)CCCCCC1. The zero-order chi connectivity index (χ0) is 13.2. The predicted molar refractivity (Wildman–Crippen MR) is 70.6 cm³/mol. The van der Waals surface area contributed by atoms with Crippen LogP contribution in [0.15, 0.2) is 0 Å². The minimum atomic E-state index is -0.741. The van der Waals surface area contributed by atoms with Crippen molar-refractivity contribution < 1.29 is 4.79 Å². The van der Waals surface area contributed by atoms with E-state index in [0.717, 1.165) is 45.1 Å². The van der Waals surface area contributed by atoms with E-state index in [1.54, 1.807) is 0 Å². The molecule has 2 aliphatic rings. The van der Waals surface area contributed by atoms with Crippen molar-refractivity contribution in [1.82, 2.24) is 5.32 Å². The van der Waals surface area contributed by atoms with Crippen molar-refractivity contribution in [3.8, 4) is 6.07 Å². The molecule has 2 saturated carbocycles. The number of carbonyl (C=O) groups excluding carboxylic acids is 1. The highest BCUT2D eigenvalue weighted by atomic mass is 16.2. The molecule has 0 aromatic rings. The summed E-state index contributed by atoms with van der Waals surface area (Å²) in [6.45, 7) is 5.21. The van der Waals surface area contributed by atoms with E-state index in [4.69, 9.17) is 0 Å². The molecule has 0 aliphatic heterocycles. The molecule has 18 heavy (non-hydrogen) atoms. The van der Waals surface area contributed by atoms with E-state index in [-0.39, 0.29) is 5.91 Å². The van der Waals surface area contributed by atoms with E-state index in [1.165, 1.54) is 6.42 Å². The van der Waals surface area contributed by atoms with Crippen LogP contribution in [-0.2, 0) is 4.79 Å². The first-order valence-electron chi connectivity index (χ1n) is 7.20. The highest BCUT2D eigenvalue weighted by Gasteiger charge is 2.46. The molecule has 0 radical (unpaired) electrons. The molecule has 1 atom stereocenters. The van der Waals surface area contributed by atoms with Gasteiger partial charge < -0.3 is 5.32 Å². The fourth-order valence-corrected chi connectivity index (χ4v) is 3.03. The van der Waals surface area contributed by atoms with Crippen molar-refractivity contribution in [1.29, 1.82) is 5.26 Å². The Morgan fingerprint density at radius 3 is 2.28 bits per heavy atom. The van der Waals surface area contributed by atoms with Gasteiger partial charge >= 0.3 is 0 Å². The van der Waals surface area contributed by atoms with Crippen LogP contribution in [-0.4, -0.2) is 12.5 Å². The Balaban J connectivity index is 1.91. The standard InChI is InChI=1S/C15H24N2O/c1-14(2)9-12(14)10-17-13(18)15(11-16)7-5-3-4-6-8-15/h12H,3-10H2,1-2H3,(H,17,18). The normalized spacial score (nSPS) is 28.8. The number of hydrogen-bond donors (Lipinski definition) is 1. The lowest BCUT2D eigenvalue weighted by molar-refractivity contribution is -0.128. The molecule has 2 aliphatic carbocycles. The summed E-state index contributed by atoms with van der Waals surface area (Å²) in [7, 11) is 0. The van der Waals surface area contributed by atoms with Crippen LogP contribution in [0.1, 0.15) is 58.8 Å². The van der Waals surface area contributed by atoms with E-state index in [1.807, 2.05) is 0 Å². The van der Waals surface area contributed by atoms with Crippen LogP contribution in [0.25, 0.3) is 0 Å². The minimum Gasteiger partial charge on any atom is -0.354 e. The van der Waals surface area contributed by atoms with Crippen molar-refractivity contribution in [2.75, 3.05) is 6.54 Å². The molecule has 2 rings (SSSR count). The fraction of sp³-hybridized carbons (Fsp3) is 0.867. The average Bonchev–Trinajstić information content (AvgIpc) is 3.02. The van der Waals surface area contributed by atoms with Crippen LogP contribution >= 0.6 is 0 Å². The molecule has 1 unspecified atom stereocenters. The molecule has 0 spiro atoms. The van der Waals surface area contributed by atoms with Gasteiger partial charge in [0, 0.05) is 6.54 Å². The van der Waals surface area contributed by atoms with Crippen LogP contribution in [0.2, 0.25) is 0 Å². The molecular formula is C15H24N2O. The van der Waals surface area contributed by atoms with Crippen molar-refractivity contribution in [2.45, 2.75) is 58.8 Å². The largest absolute Gasteiger partial charge is 0.354 e. The first kappa shape index (κ1) is 13.4. The zero-order valence-electron chi connectivity index (χ0n) is 11.6. The highest BCUT2D eigenvalue weighted by Crippen LogP contribution is 2.51. The van der Waals surface area contributed by atoms with Gasteiger partial charge in [-0.3, -0.25) is 4.79 Å². The molecule has 1 N–H and O–H groups in total. The van der Waals surface area contributed by atoms with Gasteiger partial charge in [0.15, 0.2) is 0 Å². The number of rotatable bonds is 3. The highest BCUT2D eigenvalue weighted by molar-refractivity contribution is 5.85. The maximum atomic E-state index is 12.3. The molecule has 2 fully saturated rings. The summed E-state index contributed by atoms with van der Waals surface area (Å²) in [6, 6.07) is 2.31. The molecular weight excluding hydrogens is 224 g/mol. The molecule has 3 nitrogen and oxygen atoms in total. The van der Waals surface area contributed by atoms with E-state index in [2.05, 4.69) is 25.2 Å². The number of hydrogen-bond acceptors (Lipinski definition) is 2. The van der Waals surface area contributed by atoms with Gasteiger partial charge in [-0.25, -0.2) is 0 Å². The summed E-state index contributed by atoms with van der Waals surface area (Å²) >= 11 is 0. The smallest absolute Gasteiger partial charge is 0.240 e. The van der Waals surface area contributed by atoms with Crippen molar-refractivity contribution >= 4 is 5.91 Å². The van der Waals surface area contributed by atoms with Gasteiger partial charge in [-0.1, -0.05) is 39.5 Å². The summed E-state index contributed by atoms with van der Waals surface area (Å²) < 4.78 is 0. The summed E-state index contributed by atoms with van der Waals surface area (Å²) in [4.78, 5) is 12.3. The summed E-state index contributed by atoms with van der Waals surface area (Å²) in [5.74, 6) is 0.581. The van der Waals surface area contributed by atoms with Crippen LogP contribution in [0.3, 0.4) is 0 Å². The summed E-state index contributed by atoms with van der Waals surface area (Å²) in [5, 5.41) is 12.4. The van der Waals surface area contributed by atoms with Crippen LogP contribution in [0.5, 0.6) is 0 Å². The molecule has 1 amide bonds. The topological polar surface area (TPSA) is 52.9 Å². The van der Waals surface area contributed by atoms with Gasteiger partial charge in [0.05, 0.1) is 6.07 Å². The lowest BCUT2D eigenvalue weighted by Crippen LogP contribution is -2.41. The van der Waals surface area contributed by atoms with Gasteiger partial charge in [-0.15, -0.1) is 0 Å². The Hall–Kier alpha value is -1.04. The van der Waals surface area contributed by atoms with Crippen molar-refractivity contribution in [2.24, 2.45) is 16.7 Å². The summed E-state index contributed by atoms with van der Waals surface area (Å²) in [5.41, 5.74) is -0.355. The summed E-state index contributed by atoms with van der Waals surface area (Å²) in [6.07, 6.45) is 7.00. The van der Waals surface area contributed by atoms with Crippen molar-refractivity contribution in [3.05, 3.63) is 0 Å². The Morgan fingerprint density at radius 1 is 1.28 bits per heavy atom. The lowest BCUT2D eigenvalue weighted by Gasteiger charge is -2.23. The quantitative estimate of drug-likeness (QED) is 0.780. The molecule has 3 heteroatoms. The first-order valence-corrected chi connectivity index (χ1v) is 7.20. The Bertz CT molecular complexity index is 359. The van der Waals surface area contributed by atoms with Gasteiger partial charge in [0.1, 0.15) is 5.41 Å². The molecule has 0 saturated heterocycles. The Morgan fingerprint density at radius 2 is 1.83 bits per heavy atom. The third kappa shape index (κ3) is 2.68. The second-order valence-corrected chi connectivity index (χ2v) is 6.71. The van der Waals surface area contributed by atoms with E-state index < -0.39 is 5.41 Å². The number of carbonyl (C=O) groups is 1. The number of nitriles is 1. The van der Waals surface area contributed by atoms with Gasteiger partial charge in [-0.2, -0.15) is 5.26 Å². The zero-order valence-corrected chi connectivity index (χ0v) is 11.6. The molecule has 100 valence electrons. The molecule has 0 aromatic heterocycles. The number of nitrogens with one attached hydrogen (secondary N) is 1. The monoisotopic (exact) mass is 248 g/mol.